The number of ether oxygens (including phenoxy) is 1. The zero-order valence-electron chi connectivity index (χ0n) is 20.2. The Kier molecular flexibility index (Phi) is 8.65. The Morgan fingerprint density at radius 3 is 2.28 bits per heavy atom. The first-order valence-electron chi connectivity index (χ1n) is 11.1. The maximum absolute atomic E-state index is 13.6. The predicted octanol–water partition coefficient (Wildman–Crippen LogP) is 3.19. The van der Waals surface area contributed by atoms with E-state index in [-0.39, 0.29) is 17.1 Å². The maximum atomic E-state index is 13.6. The summed E-state index contributed by atoms with van der Waals surface area (Å²) in [4.78, 5) is 27.3. The summed E-state index contributed by atoms with van der Waals surface area (Å²) in [6.07, 6.45) is 0. The topological polar surface area (TPSA) is 96.0 Å². The highest BCUT2D eigenvalue weighted by molar-refractivity contribution is 7.92. The van der Waals surface area contributed by atoms with Crippen molar-refractivity contribution in [3.8, 4) is 5.75 Å². The first kappa shape index (κ1) is 26.7. The predicted molar refractivity (Wildman–Crippen MR) is 134 cm³/mol. The molecule has 0 aliphatic rings. The molecule has 0 saturated heterocycles. The van der Waals surface area contributed by atoms with E-state index in [4.69, 9.17) is 4.74 Å². The lowest BCUT2D eigenvalue weighted by Crippen LogP contribution is -2.50. The van der Waals surface area contributed by atoms with E-state index in [9.17, 15) is 22.4 Å². The standard InChI is InChI=1S/C26H28FN3O5S/c1-19(26(32)28-2)29(17-20-12-14-21(27)15-13-20)25(31)18-30(22-8-7-9-23(16-22)35-3)36(33,34)24-10-5-4-6-11-24/h4-16,19H,17-18H2,1-3H3,(H,28,32)/t19-/m1/s1. The van der Waals surface area contributed by atoms with Crippen LogP contribution in [0.4, 0.5) is 10.1 Å². The normalized spacial score (nSPS) is 11.9. The molecule has 0 radical (unpaired) electrons. The third-order valence-electron chi connectivity index (χ3n) is 5.63. The fourth-order valence-corrected chi connectivity index (χ4v) is 5.02. The van der Waals surface area contributed by atoms with Crippen LogP contribution < -0.4 is 14.4 Å². The molecule has 3 aromatic carbocycles. The second-order valence-electron chi connectivity index (χ2n) is 7.96. The number of benzene rings is 3. The highest BCUT2D eigenvalue weighted by Gasteiger charge is 2.32. The molecule has 0 unspecified atom stereocenters. The number of sulfonamides is 1. The number of rotatable bonds is 10. The van der Waals surface area contributed by atoms with Crippen LogP contribution in [0.25, 0.3) is 0 Å². The van der Waals surface area contributed by atoms with Crippen LogP contribution in [0.5, 0.6) is 5.75 Å². The van der Waals surface area contributed by atoms with E-state index in [1.54, 1.807) is 43.3 Å². The van der Waals surface area contributed by atoms with Crippen LogP contribution >= 0.6 is 0 Å². The Bertz CT molecular complexity index is 1300. The van der Waals surface area contributed by atoms with Gasteiger partial charge in [-0.05, 0) is 48.9 Å². The number of likely N-dealkylation sites (N-methyl/N-ethyl adjacent to an activating group) is 1. The highest BCUT2D eigenvalue weighted by atomic mass is 32.2. The van der Waals surface area contributed by atoms with E-state index in [2.05, 4.69) is 5.32 Å². The van der Waals surface area contributed by atoms with E-state index in [1.165, 1.54) is 61.5 Å². The fraction of sp³-hybridized carbons (Fsp3) is 0.231. The summed E-state index contributed by atoms with van der Waals surface area (Å²) in [5.74, 6) is -1.06. The Balaban J connectivity index is 2.03. The molecular weight excluding hydrogens is 485 g/mol. The Morgan fingerprint density at radius 2 is 1.67 bits per heavy atom. The van der Waals surface area contributed by atoms with Gasteiger partial charge in [0, 0.05) is 19.7 Å². The zero-order valence-corrected chi connectivity index (χ0v) is 21.0. The summed E-state index contributed by atoms with van der Waals surface area (Å²) >= 11 is 0. The summed E-state index contributed by atoms with van der Waals surface area (Å²) in [6, 6.07) is 18.7. The van der Waals surface area contributed by atoms with E-state index >= 15 is 0 Å². The number of carbonyl (C=O) groups excluding carboxylic acids is 2. The number of nitrogens with one attached hydrogen (secondary N) is 1. The summed E-state index contributed by atoms with van der Waals surface area (Å²) in [7, 11) is -1.26. The fourth-order valence-electron chi connectivity index (χ4n) is 3.59. The molecule has 190 valence electrons. The molecule has 0 aromatic heterocycles. The van der Waals surface area contributed by atoms with Gasteiger partial charge in [0.15, 0.2) is 0 Å². The van der Waals surface area contributed by atoms with Crippen molar-refractivity contribution in [3.05, 3.63) is 90.2 Å². The van der Waals surface area contributed by atoms with E-state index in [0.717, 1.165) is 4.31 Å². The third-order valence-corrected chi connectivity index (χ3v) is 7.42. The molecule has 1 N–H and O–H groups in total. The van der Waals surface area contributed by atoms with Crippen molar-refractivity contribution < 1.29 is 27.1 Å². The molecule has 0 saturated carbocycles. The van der Waals surface area contributed by atoms with Crippen LogP contribution in [0.3, 0.4) is 0 Å². The van der Waals surface area contributed by atoms with Gasteiger partial charge in [-0.2, -0.15) is 0 Å². The van der Waals surface area contributed by atoms with Gasteiger partial charge in [0.05, 0.1) is 17.7 Å². The summed E-state index contributed by atoms with van der Waals surface area (Å²) < 4.78 is 46.9. The van der Waals surface area contributed by atoms with E-state index in [0.29, 0.717) is 11.3 Å². The van der Waals surface area contributed by atoms with Crippen molar-refractivity contribution >= 4 is 27.5 Å². The van der Waals surface area contributed by atoms with Crippen LogP contribution in [-0.4, -0.2) is 51.9 Å². The molecule has 0 aliphatic carbocycles. The third kappa shape index (κ3) is 6.19. The smallest absolute Gasteiger partial charge is 0.264 e. The van der Waals surface area contributed by atoms with Crippen molar-refractivity contribution in [2.24, 2.45) is 0 Å². The number of methoxy groups -OCH3 is 1. The SMILES string of the molecule is CNC(=O)[C@@H](C)N(Cc1ccc(F)cc1)C(=O)CN(c1cccc(OC)c1)S(=O)(=O)c1ccccc1. The highest BCUT2D eigenvalue weighted by Crippen LogP contribution is 2.27. The molecule has 0 heterocycles. The number of nitrogens with zero attached hydrogens (tertiary/aromatic N) is 2. The van der Waals surface area contributed by atoms with E-state index in [1.807, 2.05) is 0 Å². The number of anilines is 1. The van der Waals surface area contributed by atoms with Gasteiger partial charge in [0.25, 0.3) is 10.0 Å². The van der Waals surface area contributed by atoms with Gasteiger partial charge < -0.3 is 15.0 Å². The molecule has 0 fully saturated rings. The number of hydrogen-bond acceptors (Lipinski definition) is 5. The molecule has 3 rings (SSSR count). The molecule has 0 aliphatic heterocycles. The van der Waals surface area contributed by atoms with Crippen LogP contribution in [0, 0.1) is 5.82 Å². The van der Waals surface area contributed by atoms with Crippen molar-refractivity contribution in [1.82, 2.24) is 10.2 Å². The lowest BCUT2D eigenvalue weighted by molar-refractivity contribution is -0.139. The number of carbonyl (C=O) groups is 2. The summed E-state index contributed by atoms with van der Waals surface area (Å²) in [5.41, 5.74) is 0.806. The minimum absolute atomic E-state index is 0.00468. The van der Waals surface area contributed by atoms with Gasteiger partial charge in [0.2, 0.25) is 11.8 Å². The van der Waals surface area contributed by atoms with Gasteiger partial charge in [-0.3, -0.25) is 13.9 Å². The minimum atomic E-state index is -4.16. The average molecular weight is 514 g/mol. The molecule has 8 nitrogen and oxygen atoms in total. The first-order valence-corrected chi connectivity index (χ1v) is 12.6. The molecule has 1 atom stereocenters. The molecule has 0 spiro atoms. The second kappa shape index (κ2) is 11.7. The maximum Gasteiger partial charge on any atom is 0.264 e. The molecule has 3 aromatic rings. The lowest BCUT2D eigenvalue weighted by Gasteiger charge is -2.31. The van der Waals surface area contributed by atoms with Crippen LogP contribution in [0.1, 0.15) is 12.5 Å². The number of halogens is 1. The van der Waals surface area contributed by atoms with Crippen LogP contribution in [-0.2, 0) is 26.2 Å². The van der Waals surface area contributed by atoms with Crippen molar-refractivity contribution in [3.63, 3.8) is 0 Å². The van der Waals surface area contributed by atoms with Gasteiger partial charge in [-0.15, -0.1) is 0 Å². The quantitative estimate of drug-likeness (QED) is 0.449. The molecule has 10 heteroatoms. The Labute approximate surface area is 210 Å². The van der Waals surface area contributed by atoms with Crippen molar-refractivity contribution in [1.29, 1.82) is 0 Å². The molecule has 36 heavy (non-hydrogen) atoms. The molecule has 2 amide bonds. The first-order chi connectivity index (χ1) is 17.2. The van der Waals surface area contributed by atoms with Crippen LogP contribution in [0.15, 0.2) is 83.8 Å². The van der Waals surface area contributed by atoms with Crippen LogP contribution in [0.2, 0.25) is 0 Å². The Hall–Kier alpha value is -3.92. The largest absolute Gasteiger partial charge is 0.497 e. The van der Waals surface area contributed by atoms with Crippen molar-refractivity contribution in [2.75, 3.05) is 25.0 Å². The molecular formula is C26H28FN3O5S. The minimum Gasteiger partial charge on any atom is -0.497 e. The van der Waals surface area contributed by atoms with Gasteiger partial charge in [0.1, 0.15) is 24.2 Å². The van der Waals surface area contributed by atoms with Gasteiger partial charge in [-0.25, -0.2) is 12.8 Å². The van der Waals surface area contributed by atoms with Crippen molar-refractivity contribution in [2.45, 2.75) is 24.4 Å². The lowest BCUT2D eigenvalue weighted by atomic mass is 10.1. The Morgan fingerprint density at radius 1 is 1.00 bits per heavy atom. The van der Waals surface area contributed by atoms with E-state index < -0.39 is 40.2 Å². The molecule has 0 bridgehead atoms. The second-order valence-corrected chi connectivity index (χ2v) is 9.83. The summed E-state index contributed by atoms with van der Waals surface area (Å²) in [5, 5.41) is 2.51. The number of hydrogen-bond donors (Lipinski definition) is 1. The van der Waals surface area contributed by atoms with Gasteiger partial charge in [-0.1, -0.05) is 36.4 Å². The summed E-state index contributed by atoms with van der Waals surface area (Å²) in [6.45, 7) is 0.944. The monoisotopic (exact) mass is 513 g/mol. The van der Waals surface area contributed by atoms with Gasteiger partial charge >= 0.3 is 0 Å². The number of amides is 2. The average Bonchev–Trinajstić information content (AvgIpc) is 2.90. The zero-order chi connectivity index (χ0) is 26.3.